The fourth-order valence-electron chi connectivity index (χ4n) is 1.85. The van der Waals surface area contributed by atoms with Crippen LogP contribution in [-0.4, -0.2) is 29.0 Å². The molecule has 0 radical (unpaired) electrons. The highest BCUT2D eigenvalue weighted by Gasteiger charge is 2.11. The van der Waals surface area contributed by atoms with Crippen molar-refractivity contribution in [3.63, 3.8) is 0 Å². The van der Waals surface area contributed by atoms with Crippen LogP contribution in [0.4, 0.5) is 0 Å². The molecule has 2 rings (SSSR count). The van der Waals surface area contributed by atoms with E-state index in [1.807, 2.05) is 19.1 Å². The minimum atomic E-state index is -0.0393. The van der Waals surface area contributed by atoms with Crippen LogP contribution in [0.3, 0.4) is 0 Å². The third-order valence-electron chi connectivity index (χ3n) is 2.85. The Kier molecular flexibility index (Phi) is 5.61. The molecule has 0 N–H and O–H groups in total. The highest BCUT2D eigenvalue weighted by molar-refractivity contribution is 9.10. The minimum Gasteiger partial charge on any atom is -0.383 e. The van der Waals surface area contributed by atoms with Gasteiger partial charge in [-0.1, -0.05) is 39.8 Å². The van der Waals surface area contributed by atoms with Crippen molar-refractivity contribution in [3.8, 4) is 0 Å². The zero-order chi connectivity index (χ0) is 15.4. The van der Waals surface area contributed by atoms with Gasteiger partial charge in [0, 0.05) is 17.3 Å². The van der Waals surface area contributed by atoms with Gasteiger partial charge in [0.25, 0.3) is 5.56 Å². The molecule has 2 aromatic rings. The fourth-order valence-corrected chi connectivity index (χ4v) is 3.08. The number of fused-ring (bicyclic) bond motifs is 1. The van der Waals surface area contributed by atoms with E-state index in [1.54, 1.807) is 17.7 Å². The second-order valence-corrected chi connectivity index (χ2v) is 6.61. The van der Waals surface area contributed by atoms with Gasteiger partial charge in [-0.15, -0.1) is 0 Å². The lowest BCUT2D eigenvalue weighted by Crippen LogP contribution is -2.25. The maximum Gasteiger partial charge on any atom is 0.262 e. The zero-order valence-electron chi connectivity index (χ0n) is 12.1. The third-order valence-corrected chi connectivity index (χ3v) is 4.55. The monoisotopic (exact) mass is 368 g/mol. The third kappa shape index (κ3) is 3.96. The van der Waals surface area contributed by atoms with Crippen molar-refractivity contribution >= 4 is 38.6 Å². The van der Waals surface area contributed by atoms with Crippen LogP contribution in [0, 0.1) is 0 Å². The number of thioether (sulfide) groups is 1. The lowest BCUT2D eigenvalue weighted by molar-refractivity contribution is 0.183. The highest BCUT2D eigenvalue weighted by Crippen LogP contribution is 2.21. The first-order valence-electron chi connectivity index (χ1n) is 6.49. The van der Waals surface area contributed by atoms with Gasteiger partial charge >= 0.3 is 0 Å². The maximum absolute atomic E-state index is 12.7. The average molecular weight is 369 g/mol. The molecule has 1 aromatic heterocycles. The number of nitrogens with zero attached hydrogens (tertiary/aromatic N) is 2. The van der Waals surface area contributed by atoms with Crippen molar-refractivity contribution < 1.29 is 4.74 Å². The number of hydrogen-bond acceptors (Lipinski definition) is 4. The standard InChI is InChI=1S/C15H17BrN2O2S/c1-10(2)9-21-15-17-13-5-4-11(16)8-12(13)14(19)18(15)6-7-20-3/h4-5,8H,1,6-7,9H2,2-3H3. The molecule has 0 aliphatic carbocycles. The fraction of sp³-hybridized carbons (Fsp3) is 0.333. The molecular weight excluding hydrogens is 352 g/mol. The molecule has 0 fully saturated rings. The second kappa shape index (κ2) is 7.24. The van der Waals surface area contributed by atoms with Crippen LogP contribution < -0.4 is 5.56 Å². The van der Waals surface area contributed by atoms with Crippen LogP contribution in [0.15, 0.2) is 44.8 Å². The van der Waals surface area contributed by atoms with E-state index in [-0.39, 0.29) is 5.56 Å². The van der Waals surface area contributed by atoms with Crippen molar-refractivity contribution in [2.24, 2.45) is 0 Å². The van der Waals surface area contributed by atoms with Gasteiger partial charge in [-0.2, -0.15) is 0 Å². The van der Waals surface area contributed by atoms with E-state index in [0.717, 1.165) is 15.8 Å². The maximum atomic E-state index is 12.7. The molecule has 1 heterocycles. The van der Waals surface area contributed by atoms with Crippen molar-refractivity contribution in [2.45, 2.75) is 18.6 Å². The summed E-state index contributed by atoms with van der Waals surface area (Å²) in [7, 11) is 1.62. The van der Waals surface area contributed by atoms with Crippen LogP contribution in [0.2, 0.25) is 0 Å². The summed E-state index contributed by atoms with van der Waals surface area (Å²) in [6.45, 7) is 6.82. The molecule has 112 valence electrons. The first-order chi connectivity index (χ1) is 10.0. The molecule has 0 bridgehead atoms. The number of rotatable bonds is 6. The van der Waals surface area contributed by atoms with Crippen LogP contribution in [0.1, 0.15) is 6.92 Å². The molecule has 0 saturated carbocycles. The van der Waals surface area contributed by atoms with Gasteiger partial charge in [-0.3, -0.25) is 9.36 Å². The van der Waals surface area contributed by atoms with E-state index >= 15 is 0 Å². The Hall–Kier alpha value is -1.11. The summed E-state index contributed by atoms with van der Waals surface area (Å²) in [5, 5.41) is 1.31. The van der Waals surface area contributed by atoms with E-state index in [9.17, 15) is 4.79 Å². The summed E-state index contributed by atoms with van der Waals surface area (Å²) < 4.78 is 7.64. The quantitative estimate of drug-likeness (QED) is 0.444. The number of hydrogen-bond donors (Lipinski definition) is 0. The van der Waals surface area contributed by atoms with Gasteiger partial charge in [-0.05, 0) is 25.1 Å². The number of benzene rings is 1. The molecule has 0 atom stereocenters. The largest absolute Gasteiger partial charge is 0.383 e. The van der Waals surface area contributed by atoms with Crippen molar-refractivity contribution in [2.75, 3.05) is 19.5 Å². The smallest absolute Gasteiger partial charge is 0.262 e. The lowest BCUT2D eigenvalue weighted by atomic mass is 10.2. The Bertz CT molecular complexity index is 727. The predicted octanol–water partition coefficient (Wildman–Crippen LogP) is 3.47. The van der Waals surface area contributed by atoms with Gasteiger partial charge in [-0.25, -0.2) is 4.98 Å². The topological polar surface area (TPSA) is 44.1 Å². The summed E-state index contributed by atoms with van der Waals surface area (Å²) in [6, 6.07) is 5.55. The average Bonchev–Trinajstić information content (AvgIpc) is 2.45. The van der Waals surface area contributed by atoms with Gasteiger partial charge in [0.2, 0.25) is 0 Å². The van der Waals surface area contributed by atoms with Gasteiger partial charge in [0.05, 0.1) is 24.1 Å². The van der Waals surface area contributed by atoms with Gasteiger partial charge in [0.1, 0.15) is 0 Å². The lowest BCUT2D eigenvalue weighted by Gasteiger charge is -2.12. The van der Waals surface area contributed by atoms with Crippen molar-refractivity contribution in [1.82, 2.24) is 9.55 Å². The molecule has 4 nitrogen and oxygen atoms in total. The Labute approximate surface area is 136 Å². The summed E-state index contributed by atoms with van der Waals surface area (Å²) in [5.74, 6) is 0.738. The van der Waals surface area contributed by atoms with Crippen molar-refractivity contribution in [3.05, 3.63) is 45.2 Å². The molecule has 0 spiro atoms. The zero-order valence-corrected chi connectivity index (χ0v) is 14.5. The van der Waals surface area contributed by atoms with Crippen molar-refractivity contribution in [1.29, 1.82) is 0 Å². The summed E-state index contributed by atoms with van der Waals surface area (Å²) in [4.78, 5) is 17.3. The number of methoxy groups -OCH3 is 1. The normalized spacial score (nSPS) is 11.0. The molecule has 0 aliphatic rings. The molecule has 1 aromatic carbocycles. The van der Waals surface area contributed by atoms with E-state index in [4.69, 9.17) is 4.74 Å². The first kappa shape index (κ1) is 16.3. The van der Waals surface area contributed by atoms with E-state index < -0.39 is 0 Å². The Morgan fingerprint density at radius 1 is 1.52 bits per heavy atom. The van der Waals surface area contributed by atoms with E-state index in [2.05, 4.69) is 27.5 Å². The second-order valence-electron chi connectivity index (χ2n) is 4.75. The summed E-state index contributed by atoms with van der Waals surface area (Å²) >= 11 is 4.92. The highest BCUT2D eigenvalue weighted by atomic mass is 79.9. The number of halogens is 1. The van der Waals surface area contributed by atoms with Crippen LogP contribution in [0.5, 0.6) is 0 Å². The van der Waals surface area contributed by atoms with Gasteiger partial charge in [0.15, 0.2) is 5.16 Å². The molecule has 0 aliphatic heterocycles. The SMILES string of the molecule is C=C(C)CSc1nc2ccc(Br)cc2c(=O)n1CCOC. The van der Waals surface area contributed by atoms with Crippen LogP contribution >= 0.6 is 27.7 Å². The molecule has 0 amide bonds. The van der Waals surface area contributed by atoms with Crippen LogP contribution in [0.25, 0.3) is 10.9 Å². The molecule has 6 heteroatoms. The first-order valence-corrected chi connectivity index (χ1v) is 8.27. The Morgan fingerprint density at radius 2 is 2.29 bits per heavy atom. The molecule has 0 unspecified atom stereocenters. The van der Waals surface area contributed by atoms with E-state index in [0.29, 0.717) is 29.2 Å². The van der Waals surface area contributed by atoms with Crippen LogP contribution in [-0.2, 0) is 11.3 Å². The van der Waals surface area contributed by atoms with E-state index in [1.165, 1.54) is 11.8 Å². The molecule has 0 saturated heterocycles. The van der Waals surface area contributed by atoms with Gasteiger partial charge < -0.3 is 4.74 Å². The minimum absolute atomic E-state index is 0.0393. The summed E-state index contributed by atoms with van der Waals surface area (Å²) in [5.41, 5.74) is 1.71. The Morgan fingerprint density at radius 3 is 2.95 bits per heavy atom. The number of aromatic nitrogens is 2. The molecular formula is C15H17BrN2O2S. The summed E-state index contributed by atoms with van der Waals surface area (Å²) in [6.07, 6.45) is 0. The number of ether oxygens (including phenoxy) is 1. The molecule has 21 heavy (non-hydrogen) atoms. The Balaban J connectivity index is 2.55. The predicted molar refractivity (Wildman–Crippen MR) is 91.1 cm³/mol.